The second-order valence-electron chi connectivity index (χ2n) is 5.71. The average molecular weight is 285 g/mol. The van der Waals surface area contributed by atoms with Crippen LogP contribution in [0.15, 0.2) is 30.3 Å². The molecule has 0 unspecified atom stereocenters. The molecule has 21 heavy (non-hydrogen) atoms. The van der Waals surface area contributed by atoms with E-state index in [1.165, 1.54) is 31.1 Å². The summed E-state index contributed by atoms with van der Waals surface area (Å²) in [5.41, 5.74) is 8.29. The molecule has 0 bridgehead atoms. The molecule has 0 fully saturated rings. The molecule has 0 spiro atoms. The highest BCUT2D eigenvalue weighted by Crippen LogP contribution is 2.20. The number of pyridine rings is 1. The molecule has 0 amide bonds. The Bertz CT molecular complexity index is 557. The Morgan fingerprint density at radius 1 is 1.05 bits per heavy atom. The Hall–Kier alpha value is -1.61. The summed E-state index contributed by atoms with van der Waals surface area (Å²) >= 11 is 0. The molecular weight excluding hydrogens is 258 g/mol. The van der Waals surface area contributed by atoms with E-state index in [0.717, 1.165) is 30.7 Å². The number of hydrogen-bond acceptors (Lipinski definition) is 3. The number of aromatic nitrogens is 1. The van der Waals surface area contributed by atoms with Gasteiger partial charge < -0.3 is 5.73 Å². The van der Waals surface area contributed by atoms with Crippen molar-refractivity contribution in [3.8, 4) is 0 Å². The van der Waals surface area contributed by atoms with E-state index in [0.29, 0.717) is 5.82 Å². The summed E-state index contributed by atoms with van der Waals surface area (Å²) in [4.78, 5) is 7.05. The van der Waals surface area contributed by atoms with E-state index in [-0.39, 0.29) is 0 Å². The molecule has 0 saturated carbocycles. The smallest absolute Gasteiger partial charge is 0.128 e. The minimum Gasteiger partial charge on any atom is -0.383 e. The van der Waals surface area contributed by atoms with Gasteiger partial charge in [0.25, 0.3) is 0 Å². The number of nitrogen functional groups attached to an aromatic ring is 1. The first-order chi connectivity index (χ1) is 10.2. The van der Waals surface area contributed by atoms with Crippen molar-refractivity contribution in [1.82, 2.24) is 9.88 Å². The average Bonchev–Trinajstić information content (AvgIpc) is 2.50. The second kappa shape index (κ2) is 7.99. The van der Waals surface area contributed by atoms with E-state index in [2.05, 4.69) is 41.9 Å². The molecule has 1 aromatic heterocycles. The molecule has 0 atom stereocenters. The predicted octanol–water partition coefficient (Wildman–Crippen LogP) is 4.22. The van der Waals surface area contributed by atoms with Crippen LogP contribution in [0.3, 0.4) is 0 Å². The van der Waals surface area contributed by atoms with Crippen molar-refractivity contribution < 1.29 is 0 Å². The molecule has 1 aromatic carbocycles. The van der Waals surface area contributed by atoms with Crippen molar-refractivity contribution in [3.63, 3.8) is 0 Å². The van der Waals surface area contributed by atoms with Crippen LogP contribution < -0.4 is 5.73 Å². The van der Waals surface area contributed by atoms with Crippen molar-refractivity contribution >= 4 is 16.7 Å². The third-order valence-corrected chi connectivity index (χ3v) is 3.89. The van der Waals surface area contributed by atoms with Crippen molar-refractivity contribution in [2.24, 2.45) is 0 Å². The standard InChI is InChI=1S/C18H27N3/c1-3-5-11-21(12-6-4-2)14-16-13-15-9-7-8-10-17(15)20-18(16)19/h7-10,13H,3-6,11-12,14H2,1-2H3,(H2,19,20). The highest BCUT2D eigenvalue weighted by molar-refractivity contribution is 5.81. The van der Waals surface area contributed by atoms with Crippen LogP contribution >= 0.6 is 0 Å². The van der Waals surface area contributed by atoms with Gasteiger partial charge in [-0.2, -0.15) is 0 Å². The van der Waals surface area contributed by atoms with E-state index < -0.39 is 0 Å². The van der Waals surface area contributed by atoms with E-state index in [1.54, 1.807) is 0 Å². The fourth-order valence-corrected chi connectivity index (χ4v) is 2.58. The maximum absolute atomic E-state index is 6.15. The van der Waals surface area contributed by atoms with E-state index in [1.807, 2.05) is 12.1 Å². The molecule has 2 rings (SSSR count). The molecule has 0 aliphatic heterocycles. The van der Waals surface area contributed by atoms with Crippen LogP contribution in [-0.4, -0.2) is 23.0 Å². The van der Waals surface area contributed by atoms with Gasteiger partial charge in [-0.05, 0) is 38.1 Å². The van der Waals surface area contributed by atoms with E-state index >= 15 is 0 Å². The Labute approximate surface area is 128 Å². The summed E-state index contributed by atoms with van der Waals surface area (Å²) in [5.74, 6) is 0.673. The van der Waals surface area contributed by atoms with Gasteiger partial charge in [0.2, 0.25) is 0 Å². The Morgan fingerprint density at radius 3 is 2.38 bits per heavy atom. The lowest BCUT2D eigenvalue weighted by Gasteiger charge is -2.22. The monoisotopic (exact) mass is 285 g/mol. The minimum absolute atomic E-state index is 0.673. The summed E-state index contributed by atoms with van der Waals surface area (Å²) in [6.07, 6.45) is 4.94. The summed E-state index contributed by atoms with van der Waals surface area (Å²) in [7, 11) is 0. The summed E-state index contributed by atoms with van der Waals surface area (Å²) in [5, 5.41) is 1.17. The number of benzene rings is 1. The first-order valence-corrected chi connectivity index (χ1v) is 8.11. The molecule has 0 aliphatic carbocycles. The van der Waals surface area contributed by atoms with Crippen LogP contribution in [-0.2, 0) is 6.54 Å². The lowest BCUT2D eigenvalue weighted by atomic mass is 10.1. The largest absolute Gasteiger partial charge is 0.383 e. The van der Waals surface area contributed by atoms with Crippen molar-refractivity contribution in [1.29, 1.82) is 0 Å². The number of hydrogen-bond donors (Lipinski definition) is 1. The van der Waals surface area contributed by atoms with Gasteiger partial charge in [0, 0.05) is 17.5 Å². The normalized spacial score (nSPS) is 11.4. The molecule has 1 heterocycles. The summed E-state index contributed by atoms with van der Waals surface area (Å²) in [6, 6.07) is 10.4. The molecule has 2 N–H and O–H groups in total. The predicted molar refractivity (Wildman–Crippen MR) is 91.2 cm³/mol. The zero-order chi connectivity index (χ0) is 15.1. The van der Waals surface area contributed by atoms with Gasteiger partial charge in [-0.25, -0.2) is 4.98 Å². The zero-order valence-electron chi connectivity index (χ0n) is 13.3. The Morgan fingerprint density at radius 2 is 1.71 bits per heavy atom. The highest BCUT2D eigenvalue weighted by atomic mass is 15.1. The van der Waals surface area contributed by atoms with Crippen LogP contribution in [0.4, 0.5) is 5.82 Å². The lowest BCUT2D eigenvalue weighted by Crippen LogP contribution is -2.26. The molecular formula is C18H27N3. The second-order valence-corrected chi connectivity index (χ2v) is 5.71. The van der Waals surface area contributed by atoms with Crippen LogP contribution in [0.25, 0.3) is 10.9 Å². The van der Waals surface area contributed by atoms with E-state index in [9.17, 15) is 0 Å². The number of para-hydroxylation sites is 1. The number of unbranched alkanes of at least 4 members (excludes halogenated alkanes) is 2. The SMILES string of the molecule is CCCCN(CCCC)Cc1cc2ccccc2nc1N. The van der Waals surface area contributed by atoms with Gasteiger partial charge in [-0.15, -0.1) is 0 Å². The molecule has 2 aromatic rings. The number of nitrogens with zero attached hydrogens (tertiary/aromatic N) is 2. The third-order valence-electron chi connectivity index (χ3n) is 3.89. The number of fused-ring (bicyclic) bond motifs is 1. The molecule has 0 radical (unpaired) electrons. The first-order valence-electron chi connectivity index (χ1n) is 8.11. The van der Waals surface area contributed by atoms with Gasteiger partial charge in [0.05, 0.1) is 5.52 Å². The molecule has 3 heteroatoms. The minimum atomic E-state index is 0.673. The van der Waals surface area contributed by atoms with Crippen molar-refractivity contribution in [3.05, 3.63) is 35.9 Å². The zero-order valence-corrected chi connectivity index (χ0v) is 13.3. The Kier molecular flexibility index (Phi) is 6.00. The lowest BCUT2D eigenvalue weighted by molar-refractivity contribution is 0.257. The fraction of sp³-hybridized carbons (Fsp3) is 0.500. The van der Waals surface area contributed by atoms with Crippen molar-refractivity contribution in [2.75, 3.05) is 18.8 Å². The van der Waals surface area contributed by atoms with Gasteiger partial charge in [-0.1, -0.05) is 44.9 Å². The molecule has 114 valence electrons. The Balaban J connectivity index is 2.16. The van der Waals surface area contributed by atoms with Gasteiger partial charge in [-0.3, -0.25) is 4.90 Å². The number of nitrogens with two attached hydrogens (primary N) is 1. The molecule has 0 saturated heterocycles. The molecule has 3 nitrogen and oxygen atoms in total. The maximum atomic E-state index is 6.15. The molecule has 0 aliphatic rings. The fourth-order valence-electron chi connectivity index (χ4n) is 2.58. The quantitative estimate of drug-likeness (QED) is 0.789. The van der Waals surface area contributed by atoms with Crippen LogP contribution in [0.5, 0.6) is 0 Å². The highest BCUT2D eigenvalue weighted by Gasteiger charge is 2.09. The van der Waals surface area contributed by atoms with Crippen molar-refractivity contribution in [2.45, 2.75) is 46.1 Å². The van der Waals surface area contributed by atoms with E-state index in [4.69, 9.17) is 5.73 Å². The number of anilines is 1. The first kappa shape index (κ1) is 15.8. The van der Waals surface area contributed by atoms with Crippen LogP contribution in [0.1, 0.15) is 45.1 Å². The van der Waals surface area contributed by atoms with Crippen LogP contribution in [0, 0.1) is 0 Å². The van der Waals surface area contributed by atoms with Gasteiger partial charge in [0.1, 0.15) is 5.82 Å². The van der Waals surface area contributed by atoms with Crippen LogP contribution in [0.2, 0.25) is 0 Å². The third kappa shape index (κ3) is 4.43. The van der Waals surface area contributed by atoms with Gasteiger partial charge >= 0.3 is 0 Å². The van der Waals surface area contributed by atoms with Gasteiger partial charge in [0.15, 0.2) is 0 Å². The summed E-state index contributed by atoms with van der Waals surface area (Å²) < 4.78 is 0. The topological polar surface area (TPSA) is 42.2 Å². The number of rotatable bonds is 8. The summed E-state index contributed by atoms with van der Waals surface area (Å²) in [6.45, 7) is 7.67. The maximum Gasteiger partial charge on any atom is 0.128 e.